The molecular weight excluding hydrogens is 366 g/mol. The first-order chi connectivity index (χ1) is 14.1. The van der Waals surface area contributed by atoms with Gasteiger partial charge in [0.2, 0.25) is 0 Å². The molecule has 0 saturated carbocycles. The molecule has 1 N–H and O–H groups in total. The molecule has 1 saturated heterocycles. The van der Waals surface area contributed by atoms with Crippen molar-refractivity contribution in [2.45, 2.75) is 38.8 Å². The summed E-state index contributed by atoms with van der Waals surface area (Å²) in [6.07, 6.45) is 4.38. The van der Waals surface area contributed by atoms with Crippen molar-refractivity contribution in [3.05, 3.63) is 53.6 Å². The van der Waals surface area contributed by atoms with Gasteiger partial charge in [-0.15, -0.1) is 0 Å². The summed E-state index contributed by atoms with van der Waals surface area (Å²) in [5.74, 6) is 0.564. The Kier molecular flexibility index (Phi) is 5.43. The van der Waals surface area contributed by atoms with Crippen molar-refractivity contribution in [1.82, 2.24) is 4.90 Å². The van der Waals surface area contributed by atoms with Crippen LogP contribution in [0.1, 0.15) is 53.3 Å². The van der Waals surface area contributed by atoms with E-state index < -0.39 is 0 Å². The second-order valence-corrected chi connectivity index (χ2v) is 7.53. The van der Waals surface area contributed by atoms with Crippen molar-refractivity contribution in [1.29, 1.82) is 0 Å². The lowest BCUT2D eigenvalue weighted by Gasteiger charge is -2.44. The highest BCUT2D eigenvalue weighted by molar-refractivity contribution is 6.08. The van der Waals surface area contributed by atoms with Crippen molar-refractivity contribution in [2.75, 3.05) is 30.4 Å². The number of nitrogens with zero attached hydrogens (tertiary/aromatic N) is 2. The maximum absolute atomic E-state index is 13.1. The van der Waals surface area contributed by atoms with Crippen LogP contribution in [0.2, 0.25) is 0 Å². The Morgan fingerprint density at radius 1 is 1.17 bits per heavy atom. The molecule has 2 aromatic carbocycles. The fourth-order valence-electron chi connectivity index (χ4n) is 4.34. The van der Waals surface area contributed by atoms with Crippen LogP contribution in [0.15, 0.2) is 42.5 Å². The van der Waals surface area contributed by atoms with Crippen LogP contribution in [0.4, 0.5) is 11.4 Å². The zero-order valence-electron chi connectivity index (χ0n) is 17.0. The Hall–Kier alpha value is -3.02. The minimum absolute atomic E-state index is 0.0800. The zero-order valence-corrected chi connectivity index (χ0v) is 17.0. The molecular formula is C23H27N3O3. The molecule has 2 amide bonds. The van der Waals surface area contributed by atoms with Gasteiger partial charge in [-0.1, -0.05) is 12.5 Å². The molecule has 152 valence electrons. The number of rotatable bonds is 4. The van der Waals surface area contributed by atoms with Gasteiger partial charge in [0.15, 0.2) is 0 Å². The average molecular weight is 393 g/mol. The van der Waals surface area contributed by atoms with Gasteiger partial charge in [0.1, 0.15) is 11.9 Å². The van der Waals surface area contributed by atoms with Crippen molar-refractivity contribution in [3.8, 4) is 5.75 Å². The molecule has 2 aliphatic rings. The Morgan fingerprint density at radius 2 is 2.03 bits per heavy atom. The maximum Gasteiger partial charge on any atom is 0.257 e. The largest absolute Gasteiger partial charge is 0.497 e. The van der Waals surface area contributed by atoms with Crippen LogP contribution in [-0.4, -0.2) is 43.1 Å². The number of amides is 2. The number of fused-ring (bicyclic) bond motifs is 2. The molecule has 0 radical (unpaired) electrons. The summed E-state index contributed by atoms with van der Waals surface area (Å²) in [5.41, 5.74) is 2.76. The molecule has 6 nitrogen and oxygen atoms in total. The van der Waals surface area contributed by atoms with Gasteiger partial charge in [-0.3, -0.25) is 9.59 Å². The summed E-state index contributed by atoms with van der Waals surface area (Å²) in [5, 5.41) is 2.92. The van der Waals surface area contributed by atoms with E-state index in [1.807, 2.05) is 29.2 Å². The lowest BCUT2D eigenvalue weighted by Crippen LogP contribution is -2.55. The molecule has 6 heteroatoms. The SMILES string of the molecule is CCN1c2cc(C(=O)Nc3cccc(OC)c3)ccc2C(=O)N2CCCCC[C@H]21. The minimum atomic E-state index is -0.201. The summed E-state index contributed by atoms with van der Waals surface area (Å²) in [7, 11) is 1.59. The first-order valence-electron chi connectivity index (χ1n) is 10.3. The number of nitrogens with one attached hydrogen (secondary N) is 1. The van der Waals surface area contributed by atoms with Crippen LogP contribution in [0.3, 0.4) is 0 Å². The van der Waals surface area contributed by atoms with E-state index in [1.54, 1.807) is 25.3 Å². The quantitative estimate of drug-likeness (QED) is 0.848. The highest BCUT2D eigenvalue weighted by atomic mass is 16.5. The van der Waals surface area contributed by atoms with Gasteiger partial charge >= 0.3 is 0 Å². The molecule has 0 unspecified atom stereocenters. The van der Waals surface area contributed by atoms with Crippen LogP contribution in [0.25, 0.3) is 0 Å². The smallest absolute Gasteiger partial charge is 0.257 e. The molecule has 2 aromatic rings. The third-order valence-corrected chi connectivity index (χ3v) is 5.81. The minimum Gasteiger partial charge on any atom is -0.497 e. The molecule has 0 aromatic heterocycles. The number of hydrogen-bond donors (Lipinski definition) is 1. The van der Waals surface area contributed by atoms with E-state index in [9.17, 15) is 9.59 Å². The van der Waals surface area contributed by atoms with Crippen LogP contribution in [0.5, 0.6) is 5.75 Å². The number of carbonyl (C=O) groups excluding carboxylic acids is 2. The third kappa shape index (κ3) is 3.67. The van der Waals surface area contributed by atoms with Crippen LogP contribution in [-0.2, 0) is 0 Å². The first-order valence-corrected chi connectivity index (χ1v) is 10.3. The Labute approximate surface area is 171 Å². The summed E-state index contributed by atoms with van der Waals surface area (Å²) < 4.78 is 5.22. The van der Waals surface area contributed by atoms with Gasteiger partial charge in [-0.05, 0) is 56.5 Å². The summed E-state index contributed by atoms with van der Waals surface area (Å²) in [6, 6.07) is 12.7. The second kappa shape index (κ2) is 8.15. The fourth-order valence-corrected chi connectivity index (χ4v) is 4.34. The Bertz CT molecular complexity index is 927. The third-order valence-electron chi connectivity index (χ3n) is 5.81. The molecule has 4 rings (SSSR count). The maximum atomic E-state index is 13.1. The van der Waals surface area contributed by atoms with E-state index in [1.165, 1.54) is 0 Å². The number of ether oxygens (including phenoxy) is 1. The highest BCUT2D eigenvalue weighted by Crippen LogP contribution is 2.35. The lowest BCUT2D eigenvalue weighted by molar-refractivity contribution is 0.0656. The number of carbonyl (C=O) groups is 2. The molecule has 2 heterocycles. The number of hydrogen-bond acceptors (Lipinski definition) is 4. The van der Waals surface area contributed by atoms with E-state index in [4.69, 9.17) is 4.74 Å². The van der Waals surface area contributed by atoms with Crippen molar-refractivity contribution in [2.24, 2.45) is 0 Å². The van der Waals surface area contributed by atoms with Crippen LogP contribution < -0.4 is 15.0 Å². The molecule has 0 aliphatic carbocycles. The summed E-state index contributed by atoms with van der Waals surface area (Å²) in [4.78, 5) is 30.2. The van der Waals surface area contributed by atoms with Gasteiger partial charge in [0.05, 0.1) is 18.4 Å². The van der Waals surface area contributed by atoms with E-state index in [0.29, 0.717) is 22.6 Å². The summed E-state index contributed by atoms with van der Waals surface area (Å²) >= 11 is 0. The molecule has 1 fully saturated rings. The predicted molar refractivity (Wildman–Crippen MR) is 114 cm³/mol. The molecule has 0 spiro atoms. The number of benzene rings is 2. The van der Waals surface area contributed by atoms with Gasteiger partial charge in [-0.25, -0.2) is 0 Å². The average Bonchev–Trinajstić information content (AvgIpc) is 3.00. The molecule has 1 atom stereocenters. The van der Waals surface area contributed by atoms with Gasteiger partial charge in [0, 0.05) is 30.4 Å². The molecule has 29 heavy (non-hydrogen) atoms. The Morgan fingerprint density at radius 3 is 2.83 bits per heavy atom. The van der Waals surface area contributed by atoms with Gasteiger partial charge in [0.25, 0.3) is 11.8 Å². The van der Waals surface area contributed by atoms with E-state index >= 15 is 0 Å². The van der Waals surface area contributed by atoms with E-state index in [-0.39, 0.29) is 18.0 Å². The van der Waals surface area contributed by atoms with E-state index in [0.717, 1.165) is 44.5 Å². The van der Waals surface area contributed by atoms with Crippen molar-refractivity contribution >= 4 is 23.2 Å². The molecule has 2 aliphatic heterocycles. The predicted octanol–water partition coefficient (Wildman–Crippen LogP) is 4.13. The monoisotopic (exact) mass is 393 g/mol. The van der Waals surface area contributed by atoms with Crippen LogP contribution >= 0.6 is 0 Å². The lowest BCUT2D eigenvalue weighted by atomic mass is 10.0. The zero-order chi connectivity index (χ0) is 20.4. The second-order valence-electron chi connectivity index (χ2n) is 7.53. The van der Waals surface area contributed by atoms with Gasteiger partial charge in [-0.2, -0.15) is 0 Å². The van der Waals surface area contributed by atoms with Gasteiger partial charge < -0.3 is 19.9 Å². The Balaban J connectivity index is 1.64. The van der Waals surface area contributed by atoms with Crippen molar-refractivity contribution < 1.29 is 14.3 Å². The topological polar surface area (TPSA) is 61.9 Å². The highest BCUT2D eigenvalue weighted by Gasteiger charge is 2.37. The number of anilines is 2. The van der Waals surface area contributed by atoms with E-state index in [2.05, 4.69) is 17.1 Å². The fraction of sp³-hybridized carbons (Fsp3) is 0.391. The van der Waals surface area contributed by atoms with Crippen LogP contribution in [0, 0.1) is 0 Å². The van der Waals surface area contributed by atoms with Crippen molar-refractivity contribution in [3.63, 3.8) is 0 Å². The molecule has 0 bridgehead atoms. The standard InChI is InChI=1S/C23H27N3O3/c1-3-25-20-14-16(22(27)24-17-8-7-9-18(15-17)29-2)11-12-19(20)23(28)26-13-6-4-5-10-21(25)26/h7-9,11-12,14-15,21H,3-6,10,13H2,1-2H3,(H,24,27)/t21-/m0/s1. The normalized spacial score (nSPS) is 18.6. The first kappa shape index (κ1) is 19.3. The summed E-state index contributed by atoms with van der Waals surface area (Å²) in [6.45, 7) is 3.70. The number of methoxy groups -OCH3 is 1.